The predicted octanol–water partition coefficient (Wildman–Crippen LogP) is -0.222. The van der Waals surface area contributed by atoms with Crippen LogP contribution in [-0.2, 0) is 11.3 Å². The number of amides is 1. The summed E-state index contributed by atoms with van der Waals surface area (Å²) < 4.78 is 0. The second-order valence-electron chi connectivity index (χ2n) is 3.52. The molecule has 1 aliphatic carbocycles. The van der Waals surface area contributed by atoms with Gasteiger partial charge in [-0.2, -0.15) is 0 Å². The quantitative estimate of drug-likeness (QED) is 0.607. The predicted molar refractivity (Wildman–Crippen MR) is 51.5 cm³/mol. The van der Waals surface area contributed by atoms with Crippen molar-refractivity contribution in [3.63, 3.8) is 0 Å². The van der Waals surface area contributed by atoms with Crippen LogP contribution in [0.5, 0.6) is 0 Å². The van der Waals surface area contributed by atoms with Crippen LogP contribution in [0, 0.1) is 0 Å². The van der Waals surface area contributed by atoms with E-state index in [9.17, 15) is 4.79 Å². The largest absolute Gasteiger partial charge is 0.352 e. The molecule has 0 aromatic carbocycles. The average molecular weight is 194 g/mol. The van der Waals surface area contributed by atoms with Gasteiger partial charge >= 0.3 is 0 Å². The summed E-state index contributed by atoms with van der Waals surface area (Å²) in [5.74, 6) is 0.0759. The number of carbonyl (C=O) groups is 1. The van der Waals surface area contributed by atoms with Gasteiger partial charge in [0.05, 0.1) is 12.9 Å². The standard InChI is InChI=1S/C9H14N4O/c14-9(13-7-1-2-7)5-10-3-8-4-11-6-12-8/h4,6-7,10H,1-3,5H2,(H,11,12)(H,13,14). The Hall–Kier alpha value is -1.36. The molecule has 0 saturated heterocycles. The van der Waals surface area contributed by atoms with Crippen LogP contribution in [-0.4, -0.2) is 28.5 Å². The summed E-state index contributed by atoms with van der Waals surface area (Å²) >= 11 is 0. The SMILES string of the molecule is O=C(CNCc1cnc[nH]1)NC1CC1. The van der Waals surface area contributed by atoms with Gasteiger partial charge in [-0.3, -0.25) is 4.79 Å². The van der Waals surface area contributed by atoms with Crippen LogP contribution in [0.4, 0.5) is 0 Å². The first-order valence-corrected chi connectivity index (χ1v) is 4.82. The Morgan fingerprint density at radius 2 is 2.50 bits per heavy atom. The van der Waals surface area contributed by atoms with Crippen molar-refractivity contribution in [1.82, 2.24) is 20.6 Å². The van der Waals surface area contributed by atoms with Crippen molar-refractivity contribution < 1.29 is 4.79 Å². The molecule has 76 valence electrons. The number of carbonyl (C=O) groups excluding carboxylic acids is 1. The van der Waals surface area contributed by atoms with Crippen molar-refractivity contribution in [3.05, 3.63) is 18.2 Å². The zero-order chi connectivity index (χ0) is 9.80. The fourth-order valence-corrected chi connectivity index (χ4v) is 1.20. The molecule has 3 N–H and O–H groups in total. The molecule has 1 saturated carbocycles. The van der Waals surface area contributed by atoms with Crippen LogP contribution in [0.25, 0.3) is 0 Å². The van der Waals surface area contributed by atoms with E-state index in [1.807, 2.05) is 0 Å². The first-order chi connectivity index (χ1) is 6.84. The molecule has 0 aliphatic heterocycles. The fourth-order valence-electron chi connectivity index (χ4n) is 1.20. The van der Waals surface area contributed by atoms with Gasteiger partial charge in [0.25, 0.3) is 0 Å². The molecule has 5 nitrogen and oxygen atoms in total. The zero-order valence-corrected chi connectivity index (χ0v) is 7.92. The molecule has 0 atom stereocenters. The van der Waals surface area contributed by atoms with E-state index in [1.165, 1.54) is 0 Å². The summed E-state index contributed by atoms with van der Waals surface area (Å²) in [6, 6.07) is 0.441. The zero-order valence-electron chi connectivity index (χ0n) is 7.92. The van der Waals surface area contributed by atoms with Crippen molar-refractivity contribution in [2.75, 3.05) is 6.54 Å². The topological polar surface area (TPSA) is 69.8 Å². The molecule has 1 fully saturated rings. The Bertz CT molecular complexity index is 292. The van der Waals surface area contributed by atoms with Crippen molar-refractivity contribution in [2.45, 2.75) is 25.4 Å². The number of hydrogen-bond donors (Lipinski definition) is 3. The molecule has 1 aromatic heterocycles. The molecule has 1 aliphatic rings. The lowest BCUT2D eigenvalue weighted by Crippen LogP contribution is -2.34. The van der Waals surface area contributed by atoms with E-state index < -0.39 is 0 Å². The Balaban J connectivity index is 1.60. The second kappa shape index (κ2) is 4.23. The minimum absolute atomic E-state index is 0.0759. The lowest BCUT2D eigenvalue weighted by atomic mass is 10.4. The summed E-state index contributed by atoms with van der Waals surface area (Å²) in [4.78, 5) is 18.1. The number of aromatic nitrogens is 2. The Morgan fingerprint density at radius 1 is 1.64 bits per heavy atom. The molecule has 1 aromatic rings. The minimum atomic E-state index is 0.0759. The van der Waals surface area contributed by atoms with Crippen molar-refractivity contribution >= 4 is 5.91 Å². The van der Waals surface area contributed by atoms with Gasteiger partial charge in [0, 0.05) is 24.5 Å². The maximum atomic E-state index is 11.2. The van der Waals surface area contributed by atoms with Crippen LogP contribution in [0.2, 0.25) is 0 Å². The van der Waals surface area contributed by atoms with E-state index in [2.05, 4.69) is 20.6 Å². The van der Waals surface area contributed by atoms with Gasteiger partial charge in [-0.25, -0.2) is 4.98 Å². The van der Waals surface area contributed by atoms with Crippen LogP contribution < -0.4 is 10.6 Å². The lowest BCUT2D eigenvalue weighted by molar-refractivity contribution is -0.120. The van der Waals surface area contributed by atoms with Crippen LogP contribution >= 0.6 is 0 Å². The maximum absolute atomic E-state index is 11.2. The molecule has 0 radical (unpaired) electrons. The molecular weight excluding hydrogens is 180 g/mol. The number of nitrogens with one attached hydrogen (secondary N) is 3. The normalized spacial score (nSPS) is 15.4. The molecule has 14 heavy (non-hydrogen) atoms. The van der Waals surface area contributed by atoms with E-state index in [-0.39, 0.29) is 5.91 Å². The van der Waals surface area contributed by atoms with Gasteiger partial charge in [0.1, 0.15) is 0 Å². The molecule has 5 heteroatoms. The van der Waals surface area contributed by atoms with E-state index in [4.69, 9.17) is 0 Å². The van der Waals surface area contributed by atoms with Crippen LogP contribution in [0.15, 0.2) is 12.5 Å². The monoisotopic (exact) mass is 194 g/mol. The van der Waals surface area contributed by atoms with Gasteiger partial charge < -0.3 is 15.6 Å². The highest BCUT2D eigenvalue weighted by Crippen LogP contribution is 2.18. The number of hydrogen-bond acceptors (Lipinski definition) is 3. The molecule has 0 spiro atoms. The van der Waals surface area contributed by atoms with Crippen LogP contribution in [0.3, 0.4) is 0 Å². The molecule has 0 unspecified atom stereocenters. The number of imidazole rings is 1. The lowest BCUT2D eigenvalue weighted by Gasteiger charge is -2.03. The summed E-state index contributed by atoms with van der Waals surface area (Å²) in [6.07, 6.45) is 5.63. The highest BCUT2D eigenvalue weighted by atomic mass is 16.2. The second-order valence-corrected chi connectivity index (χ2v) is 3.52. The van der Waals surface area contributed by atoms with Gasteiger partial charge in [0.15, 0.2) is 0 Å². The van der Waals surface area contributed by atoms with Crippen molar-refractivity contribution in [1.29, 1.82) is 0 Å². The van der Waals surface area contributed by atoms with Crippen molar-refractivity contribution in [2.24, 2.45) is 0 Å². The van der Waals surface area contributed by atoms with Gasteiger partial charge in [0.2, 0.25) is 5.91 Å². The summed E-state index contributed by atoms with van der Waals surface area (Å²) in [7, 11) is 0. The van der Waals surface area contributed by atoms with Gasteiger partial charge in [-0.15, -0.1) is 0 Å². The highest BCUT2D eigenvalue weighted by molar-refractivity contribution is 5.78. The van der Waals surface area contributed by atoms with Crippen LogP contribution in [0.1, 0.15) is 18.5 Å². The number of aromatic amines is 1. The first kappa shape index (κ1) is 9.21. The minimum Gasteiger partial charge on any atom is -0.352 e. The number of nitrogens with zero attached hydrogens (tertiary/aromatic N) is 1. The highest BCUT2D eigenvalue weighted by Gasteiger charge is 2.22. The molecule has 2 rings (SSSR count). The summed E-state index contributed by atoms with van der Waals surface area (Å²) in [5, 5.41) is 5.94. The average Bonchev–Trinajstić information content (AvgIpc) is 2.82. The van der Waals surface area contributed by atoms with E-state index in [0.29, 0.717) is 19.1 Å². The number of H-pyrrole nitrogens is 1. The maximum Gasteiger partial charge on any atom is 0.234 e. The summed E-state index contributed by atoms with van der Waals surface area (Å²) in [5.41, 5.74) is 0.990. The Morgan fingerprint density at radius 3 is 3.14 bits per heavy atom. The third-order valence-corrected chi connectivity index (χ3v) is 2.10. The smallest absolute Gasteiger partial charge is 0.234 e. The van der Waals surface area contributed by atoms with E-state index in [0.717, 1.165) is 18.5 Å². The third-order valence-electron chi connectivity index (χ3n) is 2.10. The fraction of sp³-hybridized carbons (Fsp3) is 0.556. The number of rotatable bonds is 5. The van der Waals surface area contributed by atoms with E-state index >= 15 is 0 Å². The van der Waals surface area contributed by atoms with Crippen molar-refractivity contribution in [3.8, 4) is 0 Å². The molecule has 1 amide bonds. The molecule has 1 heterocycles. The van der Waals surface area contributed by atoms with Gasteiger partial charge in [-0.1, -0.05) is 0 Å². The Kier molecular flexibility index (Phi) is 2.78. The Labute approximate surface area is 82.3 Å². The first-order valence-electron chi connectivity index (χ1n) is 4.82. The van der Waals surface area contributed by atoms with E-state index in [1.54, 1.807) is 12.5 Å². The molecule has 0 bridgehead atoms. The molecular formula is C9H14N4O. The third kappa shape index (κ3) is 2.85. The van der Waals surface area contributed by atoms with Gasteiger partial charge in [-0.05, 0) is 12.8 Å². The summed E-state index contributed by atoms with van der Waals surface area (Å²) in [6.45, 7) is 1.02.